The Morgan fingerprint density at radius 3 is 2.42 bits per heavy atom. The van der Waals surface area contributed by atoms with Gasteiger partial charge in [-0.1, -0.05) is 30.3 Å². The lowest BCUT2D eigenvalue weighted by molar-refractivity contribution is 0.0724. The molecule has 5 rings (SSSR count). The molecule has 1 aromatic heterocycles. The monoisotopic (exact) mass is 462 g/mol. The Hall–Kier alpha value is -1.82. The van der Waals surface area contributed by atoms with Gasteiger partial charge in [0, 0.05) is 50.9 Å². The van der Waals surface area contributed by atoms with Crippen LogP contribution in [-0.2, 0) is 0 Å². The molecule has 3 aliphatic heterocycles. The molecule has 0 radical (unpaired) electrons. The minimum atomic E-state index is 0. The Kier molecular flexibility index (Phi) is 7.84. The van der Waals surface area contributed by atoms with E-state index in [1.165, 1.54) is 12.0 Å². The standard InChI is InChI=1S/C24H30N4O.2ClH/c1-26-15-19-16-28(17-21(19)22(26)18-9-4-2-5-10-18)23-20(11-8-12-25-23)24(29)27-13-6-3-7-14-27;;/h2,4-5,8-12,19,21-22H,3,6-7,13-17H2,1H3;2*1H/t19-,21+,22-;;/m0../s1. The number of hydrogen-bond acceptors (Lipinski definition) is 4. The summed E-state index contributed by atoms with van der Waals surface area (Å²) in [6, 6.07) is 15.2. The van der Waals surface area contributed by atoms with Crippen molar-refractivity contribution < 1.29 is 4.79 Å². The van der Waals surface area contributed by atoms with Gasteiger partial charge in [-0.3, -0.25) is 9.69 Å². The highest BCUT2D eigenvalue weighted by Gasteiger charge is 2.46. The number of carbonyl (C=O) groups is 1. The summed E-state index contributed by atoms with van der Waals surface area (Å²) in [6.45, 7) is 4.79. The molecular formula is C24H32Cl2N4O. The molecule has 3 saturated heterocycles. The van der Waals surface area contributed by atoms with Crippen LogP contribution in [0.5, 0.6) is 0 Å². The molecule has 3 aliphatic rings. The van der Waals surface area contributed by atoms with Gasteiger partial charge in [0.05, 0.1) is 5.56 Å². The van der Waals surface area contributed by atoms with Crippen LogP contribution in [0.4, 0.5) is 5.82 Å². The molecule has 5 nitrogen and oxygen atoms in total. The summed E-state index contributed by atoms with van der Waals surface area (Å²) in [6.07, 6.45) is 5.28. The topological polar surface area (TPSA) is 39.7 Å². The van der Waals surface area contributed by atoms with E-state index in [1.807, 2.05) is 23.2 Å². The third-order valence-electron chi connectivity index (χ3n) is 7.00. The minimum Gasteiger partial charge on any atom is -0.355 e. The lowest BCUT2D eigenvalue weighted by Crippen LogP contribution is -2.37. The second kappa shape index (κ2) is 10.2. The number of benzene rings is 1. The van der Waals surface area contributed by atoms with Crippen molar-refractivity contribution in [2.45, 2.75) is 25.3 Å². The molecule has 0 saturated carbocycles. The van der Waals surface area contributed by atoms with E-state index in [0.717, 1.165) is 56.9 Å². The van der Waals surface area contributed by atoms with Gasteiger partial charge in [-0.25, -0.2) is 4.98 Å². The number of piperidine rings is 1. The number of pyridine rings is 1. The molecule has 0 spiro atoms. The average molecular weight is 463 g/mol. The molecule has 1 amide bonds. The quantitative estimate of drug-likeness (QED) is 0.681. The van der Waals surface area contributed by atoms with Crippen LogP contribution < -0.4 is 4.90 Å². The Balaban J connectivity index is 0.00000136. The van der Waals surface area contributed by atoms with Crippen LogP contribution in [0.15, 0.2) is 48.7 Å². The third kappa shape index (κ3) is 4.55. The first kappa shape index (κ1) is 23.8. The number of fused-ring (bicyclic) bond motifs is 1. The van der Waals surface area contributed by atoms with E-state index in [1.54, 1.807) is 0 Å². The van der Waals surface area contributed by atoms with Crippen LogP contribution in [0.25, 0.3) is 0 Å². The maximum Gasteiger partial charge on any atom is 0.257 e. The first-order valence-corrected chi connectivity index (χ1v) is 11.0. The summed E-state index contributed by atoms with van der Waals surface area (Å²) in [5.41, 5.74) is 2.17. The number of hydrogen-bond donors (Lipinski definition) is 0. The van der Waals surface area contributed by atoms with Crippen molar-refractivity contribution in [3.63, 3.8) is 0 Å². The van der Waals surface area contributed by atoms with E-state index in [2.05, 4.69) is 52.2 Å². The lowest BCUT2D eigenvalue weighted by Gasteiger charge is -2.30. The zero-order valence-corrected chi connectivity index (χ0v) is 19.7. The summed E-state index contributed by atoms with van der Waals surface area (Å²) >= 11 is 0. The van der Waals surface area contributed by atoms with E-state index < -0.39 is 0 Å². The maximum atomic E-state index is 13.2. The van der Waals surface area contributed by atoms with Gasteiger partial charge >= 0.3 is 0 Å². The van der Waals surface area contributed by atoms with E-state index in [4.69, 9.17) is 0 Å². The highest BCUT2D eigenvalue weighted by atomic mass is 35.5. The van der Waals surface area contributed by atoms with Crippen molar-refractivity contribution in [1.29, 1.82) is 0 Å². The fourth-order valence-electron chi connectivity index (χ4n) is 5.67. The summed E-state index contributed by atoms with van der Waals surface area (Å²) in [5, 5.41) is 0. The third-order valence-corrected chi connectivity index (χ3v) is 7.00. The second-order valence-corrected chi connectivity index (χ2v) is 8.85. The number of halogens is 2. The van der Waals surface area contributed by atoms with E-state index in [0.29, 0.717) is 17.9 Å². The van der Waals surface area contributed by atoms with Crippen LogP contribution in [-0.4, -0.2) is 60.5 Å². The molecular weight excluding hydrogens is 431 g/mol. The van der Waals surface area contributed by atoms with E-state index >= 15 is 0 Å². The average Bonchev–Trinajstić information content (AvgIpc) is 3.31. The van der Waals surface area contributed by atoms with Crippen molar-refractivity contribution in [1.82, 2.24) is 14.8 Å². The van der Waals surface area contributed by atoms with Gasteiger partial charge in [-0.15, -0.1) is 24.8 Å². The molecule has 168 valence electrons. The number of anilines is 1. The molecule has 0 unspecified atom stereocenters. The predicted octanol–water partition coefficient (Wildman–Crippen LogP) is 4.29. The Labute approximate surface area is 197 Å². The molecule has 7 heteroatoms. The minimum absolute atomic E-state index is 0. The molecule has 0 aliphatic carbocycles. The van der Waals surface area contributed by atoms with Crippen LogP contribution in [0.2, 0.25) is 0 Å². The number of likely N-dealkylation sites (tertiary alicyclic amines) is 2. The smallest absolute Gasteiger partial charge is 0.257 e. The van der Waals surface area contributed by atoms with Crippen molar-refractivity contribution in [2.75, 3.05) is 44.7 Å². The Bertz CT molecular complexity index is 875. The summed E-state index contributed by atoms with van der Waals surface area (Å²) in [7, 11) is 2.24. The normalized spacial score (nSPS) is 25.5. The molecule has 31 heavy (non-hydrogen) atoms. The number of amides is 1. The summed E-state index contributed by atoms with van der Waals surface area (Å²) < 4.78 is 0. The lowest BCUT2D eigenvalue weighted by atomic mass is 9.90. The molecule has 3 fully saturated rings. The number of rotatable bonds is 3. The van der Waals surface area contributed by atoms with Gasteiger partial charge in [0.2, 0.25) is 0 Å². The van der Waals surface area contributed by atoms with Crippen LogP contribution >= 0.6 is 24.8 Å². The predicted molar refractivity (Wildman–Crippen MR) is 129 cm³/mol. The van der Waals surface area contributed by atoms with Crippen molar-refractivity contribution in [2.24, 2.45) is 11.8 Å². The summed E-state index contributed by atoms with van der Waals surface area (Å²) in [4.78, 5) is 24.8. The van der Waals surface area contributed by atoms with E-state index in [9.17, 15) is 4.79 Å². The fourth-order valence-corrected chi connectivity index (χ4v) is 5.67. The largest absolute Gasteiger partial charge is 0.355 e. The second-order valence-electron chi connectivity index (χ2n) is 8.85. The van der Waals surface area contributed by atoms with Crippen molar-refractivity contribution in [3.05, 3.63) is 59.8 Å². The first-order chi connectivity index (χ1) is 14.2. The van der Waals surface area contributed by atoms with Crippen molar-refractivity contribution in [3.8, 4) is 0 Å². The Morgan fingerprint density at radius 1 is 0.935 bits per heavy atom. The summed E-state index contributed by atoms with van der Waals surface area (Å²) in [5.74, 6) is 2.22. The van der Waals surface area contributed by atoms with Gasteiger partial charge < -0.3 is 9.80 Å². The number of aromatic nitrogens is 1. The van der Waals surface area contributed by atoms with Crippen LogP contribution in [0.1, 0.15) is 41.2 Å². The Morgan fingerprint density at radius 2 is 1.68 bits per heavy atom. The molecule has 3 atom stereocenters. The number of nitrogens with zero attached hydrogens (tertiary/aromatic N) is 4. The molecule has 4 heterocycles. The number of carbonyl (C=O) groups excluding carboxylic acids is 1. The van der Waals surface area contributed by atoms with Crippen LogP contribution in [0, 0.1) is 11.8 Å². The van der Waals surface area contributed by atoms with Crippen molar-refractivity contribution >= 4 is 36.5 Å². The maximum absolute atomic E-state index is 13.2. The van der Waals surface area contributed by atoms with Gasteiger partial charge in [0.25, 0.3) is 5.91 Å². The van der Waals surface area contributed by atoms with Gasteiger partial charge in [0.1, 0.15) is 5.82 Å². The molecule has 2 aromatic rings. The van der Waals surface area contributed by atoms with Gasteiger partial charge in [-0.2, -0.15) is 0 Å². The van der Waals surface area contributed by atoms with Crippen LogP contribution in [0.3, 0.4) is 0 Å². The highest BCUT2D eigenvalue weighted by molar-refractivity contribution is 5.99. The molecule has 0 N–H and O–H groups in total. The van der Waals surface area contributed by atoms with Gasteiger partial charge in [0.15, 0.2) is 0 Å². The van der Waals surface area contributed by atoms with E-state index in [-0.39, 0.29) is 30.7 Å². The highest BCUT2D eigenvalue weighted by Crippen LogP contribution is 2.45. The van der Waals surface area contributed by atoms with Gasteiger partial charge in [-0.05, 0) is 49.9 Å². The molecule has 1 aromatic carbocycles. The fraction of sp³-hybridized carbons (Fsp3) is 0.500. The zero-order valence-electron chi connectivity index (χ0n) is 18.0. The SMILES string of the molecule is CN1C[C@H]2CN(c3ncccc3C(=O)N3CCCCC3)C[C@H]2[C@@H]1c1ccccc1.Cl.Cl. The molecule has 0 bridgehead atoms. The zero-order chi connectivity index (χ0) is 19.8. The first-order valence-electron chi connectivity index (χ1n) is 11.0.